The summed E-state index contributed by atoms with van der Waals surface area (Å²) in [5.41, 5.74) is 1.84. The number of rotatable bonds is 6. The van der Waals surface area contributed by atoms with Crippen LogP contribution in [-0.2, 0) is 11.2 Å². The summed E-state index contributed by atoms with van der Waals surface area (Å²) in [4.78, 5) is 12.9. The Morgan fingerprint density at radius 1 is 1.00 bits per heavy atom. The molecule has 4 rings (SSSR count). The molecule has 25 heavy (non-hydrogen) atoms. The SMILES string of the molecule is O=C(Nc1nnc(CC2CC2)o1)C(c1ccccc1)c1ccccc1. The molecular formula is C20H19N3O2. The molecule has 0 atom stereocenters. The minimum atomic E-state index is -0.429. The monoisotopic (exact) mass is 333 g/mol. The highest BCUT2D eigenvalue weighted by atomic mass is 16.4. The van der Waals surface area contributed by atoms with Gasteiger partial charge in [0.15, 0.2) is 0 Å². The lowest BCUT2D eigenvalue weighted by atomic mass is 9.90. The lowest BCUT2D eigenvalue weighted by Gasteiger charge is -2.16. The summed E-state index contributed by atoms with van der Waals surface area (Å²) in [6, 6.07) is 19.5. The van der Waals surface area contributed by atoms with Crippen molar-refractivity contribution in [2.24, 2.45) is 5.92 Å². The van der Waals surface area contributed by atoms with Gasteiger partial charge in [0, 0.05) is 6.42 Å². The maximum Gasteiger partial charge on any atom is 0.322 e. The van der Waals surface area contributed by atoms with E-state index in [9.17, 15) is 4.79 Å². The van der Waals surface area contributed by atoms with Crippen LogP contribution in [0.1, 0.15) is 35.8 Å². The largest absolute Gasteiger partial charge is 0.408 e. The number of aromatic nitrogens is 2. The second-order valence-corrected chi connectivity index (χ2v) is 6.39. The van der Waals surface area contributed by atoms with Gasteiger partial charge in [0.25, 0.3) is 0 Å². The summed E-state index contributed by atoms with van der Waals surface area (Å²) < 4.78 is 5.57. The number of nitrogens with zero attached hydrogens (tertiary/aromatic N) is 2. The van der Waals surface area contributed by atoms with E-state index in [2.05, 4.69) is 15.5 Å². The van der Waals surface area contributed by atoms with Gasteiger partial charge in [-0.25, -0.2) is 0 Å². The van der Waals surface area contributed by atoms with Gasteiger partial charge in [-0.3, -0.25) is 10.1 Å². The highest BCUT2D eigenvalue weighted by molar-refractivity contribution is 5.96. The Morgan fingerprint density at radius 2 is 1.60 bits per heavy atom. The number of benzene rings is 2. The summed E-state index contributed by atoms with van der Waals surface area (Å²) in [7, 11) is 0. The average Bonchev–Trinajstić information content (AvgIpc) is 3.35. The molecule has 1 aliphatic rings. The zero-order valence-electron chi connectivity index (χ0n) is 13.8. The van der Waals surface area contributed by atoms with E-state index in [-0.39, 0.29) is 11.9 Å². The third-order valence-electron chi connectivity index (χ3n) is 4.39. The van der Waals surface area contributed by atoms with E-state index in [0.29, 0.717) is 11.8 Å². The maximum absolute atomic E-state index is 12.9. The topological polar surface area (TPSA) is 68.0 Å². The summed E-state index contributed by atoms with van der Waals surface area (Å²) >= 11 is 0. The average molecular weight is 333 g/mol. The van der Waals surface area contributed by atoms with Crippen molar-refractivity contribution < 1.29 is 9.21 Å². The second-order valence-electron chi connectivity index (χ2n) is 6.39. The zero-order valence-corrected chi connectivity index (χ0v) is 13.8. The smallest absolute Gasteiger partial charge is 0.322 e. The summed E-state index contributed by atoms with van der Waals surface area (Å²) in [6.07, 6.45) is 3.23. The summed E-state index contributed by atoms with van der Waals surface area (Å²) in [6.45, 7) is 0. The first-order valence-corrected chi connectivity index (χ1v) is 8.53. The van der Waals surface area contributed by atoms with E-state index < -0.39 is 5.92 Å². The van der Waals surface area contributed by atoms with Crippen LogP contribution in [0, 0.1) is 5.92 Å². The van der Waals surface area contributed by atoms with Crippen molar-refractivity contribution in [1.82, 2.24) is 10.2 Å². The number of amides is 1. The van der Waals surface area contributed by atoms with Crippen LogP contribution in [0.2, 0.25) is 0 Å². The fourth-order valence-electron chi connectivity index (χ4n) is 2.92. The molecule has 1 fully saturated rings. The van der Waals surface area contributed by atoms with Gasteiger partial charge in [-0.2, -0.15) is 0 Å². The fraction of sp³-hybridized carbons (Fsp3) is 0.250. The third kappa shape index (κ3) is 3.76. The van der Waals surface area contributed by atoms with E-state index in [1.54, 1.807) is 0 Å². The molecule has 1 aromatic heterocycles. The molecule has 5 heteroatoms. The Balaban J connectivity index is 1.56. The summed E-state index contributed by atoms with van der Waals surface area (Å²) in [5.74, 6) is 0.638. The van der Waals surface area contributed by atoms with Crippen molar-refractivity contribution in [2.45, 2.75) is 25.2 Å². The summed E-state index contributed by atoms with van der Waals surface area (Å²) in [5, 5.41) is 10.8. The van der Waals surface area contributed by atoms with Gasteiger partial charge < -0.3 is 4.42 Å². The number of carbonyl (C=O) groups excluding carboxylic acids is 1. The van der Waals surface area contributed by atoms with E-state index in [1.807, 2.05) is 60.7 Å². The Kier molecular flexibility index (Phi) is 4.29. The van der Waals surface area contributed by atoms with Crippen molar-refractivity contribution >= 4 is 11.9 Å². The fourth-order valence-corrected chi connectivity index (χ4v) is 2.92. The minimum Gasteiger partial charge on any atom is -0.408 e. The van der Waals surface area contributed by atoms with Crippen LogP contribution in [0.5, 0.6) is 0 Å². The number of carbonyl (C=O) groups is 1. The molecule has 2 aromatic carbocycles. The van der Waals surface area contributed by atoms with Crippen LogP contribution in [-0.4, -0.2) is 16.1 Å². The molecule has 0 aliphatic heterocycles. The lowest BCUT2D eigenvalue weighted by Crippen LogP contribution is -2.22. The quantitative estimate of drug-likeness (QED) is 0.745. The van der Waals surface area contributed by atoms with Crippen LogP contribution < -0.4 is 5.32 Å². The lowest BCUT2D eigenvalue weighted by molar-refractivity contribution is -0.116. The molecule has 1 heterocycles. The number of anilines is 1. The standard InChI is InChI=1S/C20H19N3O2/c24-19(21-20-23-22-17(25-20)13-14-11-12-14)18(15-7-3-1-4-8-15)16-9-5-2-6-10-16/h1-10,14,18H,11-13H2,(H,21,23,24). The molecular weight excluding hydrogens is 314 g/mol. The molecule has 1 aliphatic carbocycles. The maximum atomic E-state index is 12.9. The first-order chi connectivity index (χ1) is 12.3. The Bertz CT molecular complexity index is 802. The number of nitrogens with one attached hydrogen (secondary N) is 1. The first kappa shape index (κ1) is 15.6. The predicted octanol–water partition coefficient (Wildman–Crippen LogP) is 3.79. The molecule has 5 nitrogen and oxygen atoms in total. The Morgan fingerprint density at radius 3 is 2.16 bits per heavy atom. The van der Waals surface area contributed by atoms with E-state index in [0.717, 1.165) is 17.5 Å². The third-order valence-corrected chi connectivity index (χ3v) is 4.39. The molecule has 1 saturated carbocycles. The highest BCUT2D eigenvalue weighted by Gasteiger charge is 2.26. The van der Waals surface area contributed by atoms with Gasteiger partial charge in [0.2, 0.25) is 11.8 Å². The van der Waals surface area contributed by atoms with Gasteiger partial charge in [0.05, 0.1) is 5.92 Å². The van der Waals surface area contributed by atoms with Crippen molar-refractivity contribution in [1.29, 1.82) is 0 Å². The molecule has 3 aromatic rings. The predicted molar refractivity (Wildman–Crippen MR) is 94.1 cm³/mol. The van der Waals surface area contributed by atoms with Crippen LogP contribution in [0.3, 0.4) is 0 Å². The van der Waals surface area contributed by atoms with Gasteiger partial charge in [-0.1, -0.05) is 65.8 Å². The molecule has 1 N–H and O–H groups in total. The zero-order chi connectivity index (χ0) is 17.1. The molecule has 1 amide bonds. The minimum absolute atomic E-state index is 0.164. The van der Waals surface area contributed by atoms with E-state index in [4.69, 9.17) is 4.42 Å². The molecule has 0 spiro atoms. The van der Waals surface area contributed by atoms with Gasteiger partial charge >= 0.3 is 6.01 Å². The van der Waals surface area contributed by atoms with Crippen molar-refractivity contribution in [3.05, 3.63) is 77.7 Å². The van der Waals surface area contributed by atoms with E-state index >= 15 is 0 Å². The van der Waals surface area contributed by atoms with Crippen LogP contribution >= 0.6 is 0 Å². The number of hydrogen-bond acceptors (Lipinski definition) is 4. The van der Waals surface area contributed by atoms with Crippen molar-refractivity contribution in [3.63, 3.8) is 0 Å². The second kappa shape index (κ2) is 6.89. The number of hydrogen-bond donors (Lipinski definition) is 1. The van der Waals surface area contributed by atoms with Crippen molar-refractivity contribution in [2.75, 3.05) is 5.32 Å². The molecule has 0 radical (unpaired) electrons. The first-order valence-electron chi connectivity index (χ1n) is 8.53. The molecule has 0 saturated heterocycles. The van der Waals surface area contributed by atoms with Gasteiger partial charge in [0.1, 0.15) is 0 Å². The highest BCUT2D eigenvalue weighted by Crippen LogP contribution is 2.32. The Hall–Kier alpha value is -2.95. The van der Waals surface area contributed by atoms with E-state index in [1.165, 1.54) is 12.8 Å². The van der Waals surface area contributed by atoms with Gasteiger partial charge in [-0.05, 0) is 29.9 Å². The Labute approximate surface area is 146 Å². The molecule has 0 unspecified atom stereocenters. The normalized spacial score (nSPS) is 13.8. The molecule has 126 valence electrons. The molecule has 0 bridgehead atoms. The van der Waals surface area contributed by atoms with Crippen molar-refractivity contribution in [3.8, 4) is 0 Å². The van der Waals surface area contributed by atoms with Crippen LogP contribution in [0.15, 0.2) is 65.1 Å². The van der Waals surface area contributed by atoms with Crippen LogP contribution in [0.25, 0.3) is 0 Å². The van der Waals surface area contributed by atoms with Crippen LogP contribution in [0.4, 0.5) is 6.01 Å². The van der Waals surface area contributed by atoms with Gasteiger partial charge in [-0.15, -0.1) is 5.10 Å².